The highest BCUT2D eigenvalue weighted by atomic mass is 35.5. The van der Waals surface area contributed by atoms with Gasteiger partial charge in [-0.25, -0.2) is 0 Å². The van der Waals surface area contributed by atoms with E-state index in [9.17, 15) is 9.59 Å². The fourth-order valence-corrected chi connectivity index (χ4v) is 5.53. The van der Waals surface area contributed by atoms with Crippen LogP contribution in [-0.4, -0.2) is 89.9 Å². The molecule has 0 saturated carbocycles. The van der Waals surface area contributed by atoms with Crippen molar-refractivity contribution >= 4 is 23.4 Å². The van der Waals surface area contributed by atoms with Gasteiger partial charge in [-0.15, -0.1) is 0 Å². The van der Waals surface area contributed by atoms with Crippen LogP contribution in [0.5, 0.6) is 34.5 Å². The first kappa shape index (κ1) is 31.6. The highest BCUT2D eigenvalue weighted by molar-refractivity contribution is 6.30. The first-order valence-electron chi connectivity index (χ1n) is 13.7. The summed E-state index contributed by atoms with van der Waals surface area (Å²) in [4.78, 5) is 31.5. The normalized spacial score (nSPS) is 14.6. The molecule has 2 amide bonds. The Balaban J connectivity index is 1.67. The third-order valence-electron chi connectivity index (χ3n) is 7.58. The number of piperazine rings is 1. The number of carbonyl (C=O) groups excluding carboxylic acids is 2. The quantitative estimate of drug-likeness (QED) is 0.299. The first-order valence-corrected chi connectivity index (χ1v) is 14.1. The molecule has 0 spiro atoms. The molecule has 1 unspecified atom stereocenters. The summed E-state index contributed by atoms with van der Waals surface area (Å²) in [7, 11) is 9.00. The van der Waals surface area contributed by atoms with Crippen LogP contribution in [0.3, 0.4) is 0 Å². The van der Waals surface area contributed by atoms with Crippen LogP contribution in [0.15, 0.2) is 48.5 Å². The van der Waals surface area contributed by atoms with Crippen LogP contribution in [0.2, 0.25) is 5.02 Å². The lowest BCUT2D eigenvalue weighted by Crippen LogP contribution is -2.56. The average Bonchev–Trinajstić information content (AvgIpc) is 3.05. The molecule has 0 aliphatic carbocycles. The summed E-state index contributed by atoms with van der Waals surface area (Å²) in [6.45, 7) is 0.934. The van der Waals surface area contributed by atoms with Gasteiger partial charge in [-0.3, -0.25) is 9.59 Å². The maximum absolute atomic E-state index is 14.1. The number of benzene rings is 3. The lowest BCUT2D eigenvalue weighted by Gasteiger charge is -2.42. The first-order chi connectivity index (χ1) is 20.8. The van der Waals surface area contributed by atoms with Gasteiger partial charge in [0.1, 0.15) is 0 Å². The minimum atomic E-state index is -0.301. The molecule has 1 aliphatic heterocycles. The fourth-order valence-electron chi connectivity index (χ4n) is 5.40. The Morgan fingerprint density at radius 1 is 0.674 bits per heavy atom. The minimum Gasteiger partial charge on any atom is -0.493 e. The van der Waals surface area contributed by atoms with E-state index in [1.54, 1.807) is 34.1 Å². The van der Waals surface area contributed by atoms with E-state index in [2.05, 4.69) is 0 Å². The van der Waals surface area contributed by atoms with E-state index in [1.165, 1.54) is 42.7 Å². The molecule has 0 aromatic heterocycles. The van der Waals surface area contributed by atoms with Crippen molar-refractivity contribution in [2.75, 3.05) is 62.3 Å². The van der Waals surface area contributed by atoms with Gasteiger partial charge in [0.25, 0.3) is 11.8 Å². The van der Waals surface area contributed by atoms with Crippen LogP contribution in [0.4, 0.5) is 0 Å². The lowest BCUT2D eigenvalue weighted by atomic mass is 9.99. The summed E-state index contributed by atoms with van der Waals surface area (Å²) in [6, 6.07) is 14.0. The number of amides is 2. The number of halogens is 1. The number of rotatable bonds is 11. The van der Waals surface area contributed by atoms with Gasteiger partial charge in [0.15, 0.2) is 23.0 Å². The summed E-state index contributed by atoms with van der Waals surface area (Å²) in [6.07, 6.45) is 1.28. The SMILES string of the molecule is COc1ccc(C(=O)N2CCN(C(=O)c3ccc(OC)c(OC)c3OC)C(CCc3ccc(Cl)cc3)C2)c(OC)c1OC. The molecular formula is C32H37ClN2O8. The average molecular weight is 613 g/mol. The van der Waals surface area contributed by atoms with Crippen molar-refractivity contribution in [2.24, 2.45) is 0 Å². The Hall–Kier alpha value is -4.31. The van der Waals surface area contributed by atoms with Gasteiger partial charge in [0, 0.05) is 24.7 Å². The number of hydrogen-bond acceptors (Lipinski definition) is 8. The van der Waals surface area contributed by atoms with E-state index < -0.39 is 0 Å². The standard InChI is InChI=1S/C32H37ClN2O8/c1-38-25-15-13-23(27(40-3)29(25)42-5)31(36)34-17-18-35(22(19-34)12-9-20-7-10-21(33)11-8-20)32(37)24-14-16-26(39-2)30(43-6)28(24)41-4/h7-8,10-11,13-16,22H,9,12,17-19H2,1-6H3. The van der Waals surface area contributed by atoms with E-state index in [-0.39, 0.29) is 29.4 Å². The maximum Gasteiger partial charge on any atom is 0.258 e. The third kappa shape index (κ3) is 6.54. The van der Waals surface area contributed by atoms with Crippen molar-refractivity contribution in [3.63, 3.8) is 0 Å². The van der Waals surface area contributed by atoms with Gasteiger partial charge in [0.05, 0.1) is 59.8 Å². The third-order valence-corrected chi connectivity index (χ3v) is 7.83. The molecule has 230 valence electrons. The van der Waals surface area contributed by atoms with Crippen LogP contribution < -0.4 is 28.4 Å². The van der Waals surface area contributed by atoms with Gasteiger partial charge >= 0.3 is 0 Å². The monoisotopic (exact) mass is 612 g/mol. The Morgan fingerprint density at radius 3 is 1.67 bits per heavy atom. The molecular weight excluding hydrogens is 576 g/mol. The Bertz CT molecular complexity index is 1450. The molecule has 1 aliphatic rings. The molecule has 0 radical (unpaired) electrons. The highest BCUT2D eigenvalue weighted by Gasteiger charge is 2.36. The molecule has 4 rings (SSSR count). The van der Waals surface area contributed by atoms with E-state index in [4.69, 9.17) is 40.0 Å². The molecule has 1 saturated heterocycles. The molecule has 0 N–H and O–H groups in total. The molecule has 10 nitrogen and oxygen atoms in total. The zero-order chi connectivity index (χ0) is 31.1. The number of aryl methyl sites for hydroxylation is 1. The van der Waals surface area contributed by atoms with Crippen LogP contribution in [0.25, 0.3) is 0 Å². The topological polar surface area (TPSA) is 96.0 Å². The number of methoxy groups -OCH3 is 6. The number of carbonyl (C=O) groups is 2. The summed E-state index contributed by atoms with van der Waals surface area (Å²) in [5, 5.41) is 0.652. The van der Waals surface area contributed by atoms with Crippen molar-refractivity contribution in [2.45, 2.75) is 18.9 Å². The zero-order valence-electron chi connectivity index (χ0n) is 25.3. The largest absolute Gasteiger partial charge is 0.493 e. The van der Waals surface area contributed by atoms with Gasteiger partial charge in [-0.1, -0.05) is 23.7 Å². The van der Waals surface area contributed by atoms with Crippen LogP contribution in [-0.2, 0) is 6.42 Å². The van der Waals surface area contributed by atoms with Crippen molar-refractivity contribution in [3.05, 3.63) is 70.2 Å². The summed E-state index contributed by atoms with van der Waals surface area (Å²) < 4.78 is 33.0. The Kier molecular flexibility index (Phi) is 10.5. The summed E-state index contributed by atoms with van der Waals surface area (Å²) in [5.41, 5.74) is 1.77. The van der Waals surface area contributed by atoms with Crippen LogP contribution >= 0.6 is 11.6 Å². The van der Waals surface area contributed by atoms with Gasteiger partial charge < -0.3 is 38.2 Å². The van der Waals surface area contributed by atoms with E-state index in [1.807, 2.05) is 24.3 Å². The molecule has 0 bridgehead atoms. The number of ether oxygens (including phenoxy) is 6. The number of nitrogens with zero attached hydrogens (tertiary/aromatic N) is 2. The smallest absolute Gasteiger partial charge is 0.258 e. The minimum absolute atomic E-state index is 0.227. The van der Waals surface area contributed by atoms with Crippen LogP contribution in [0, 0.1) is 0 Å². The zero-order valence-corrected chi connectivity index (χ0v) is 26.0. The van der Waals surface area contributed by atoms with Crippen molar-refractivity contribution in [3.8, 4) is 34.5 Å². The van der Waals surface area contributed by atoms with Crippen molar-refractivity contribution < 1.29 is 38.0 Å². The van der Waals surface area contributed by atoms with Gasteiger partial charge in [0.2, 0.25) is 11.5 Å². The summed E-state index contributed by atoms with van der Waals surface area (Å²) in [5.74, 6) is 1.70. The van der Waals surface area contributed by atoms with Crippen LogP contribution in [0.1, 0.15) is 32.7 Å². The maximum atomic E-state index is 14.1. The second-order valence-electron chi connectivity index (χ2n) is 9.83. The second kappa shape index (κ2) is 14.2. The van der Waals surface area contributed by atoms with Crippen molar-refractivity contribution in [1.29, 1.82) is 0 Å². The van der Waals surface area contributed by atoms with E-state index in [0.29, 0.717) is 71.6 Å². The van der Waals surface area contributed by atoms with E-state index in [0.717, 1.165) is 5.56 Å². The molecule has 1 atom stereocenters. The van der Waals surface area contributed by atoms with E-state index >= 15 is 0 Å². The predicted molar refractivity (Wildman–Crippen MR) is 163 cm³/mol. The van der Waals surface area contributed by atoms with Gasteiger partial charge in [-0.05, 0) is 54.8 Å². The second-order valence-corrected chi connectivity index (χ2v) is 10.3. The predicted octanol–water partition coefficient (Wildman–Crippen LogP) is 4.99. The lowest BCUT2D eigenvalue weighted by molar-refractivity contribution is 0.0368. The van der Waals surface area contributed by atoms with Crippen molar-refractivity contribution in [1.82, 2.24) is 9.80 Å². The molecule has 1 heterocycles. The van der Waals surface area contributed by atoms with Gasteiger partial charge in [-0.2, -0.15) is 0 Å². The Morgan fingerprint density at radius 2 is 1.19 bits per heavy atom. The summed E-state index contributed by atoms with van der Waals surface area (Å²) >= 11 is 6.09. The number of hydrogen-bond donors (Lipinski definition) is 0. The molecule has 11 heteroatoms. The molecule has 1 fully saturated rings. The Labute approximate surface area is 256 Å². The highest BCUT2D eigenvalue weighted by Crippen LogP contribution is 2.42. The molecule has 3 aromatic rings. The fraction of sp³-hybridized carbons (Fsp3) is 0.375. The molecule has 43 heavy (non-hydrogen) atoms. The molecule has 3 aromatic carbocycles.